The van der Waals surface area contributed by atoms with Crippen molar-refractivity contribution in [1.29, 1.82) is 5.41 Å². The molecule has 2 aliphatic rings. The van der Waals surface area contributed by atoms with Crippen LogP contribution in [-0.4, -0.2) is 302 Å². The molecule has 0 radical (unpaired) electrons. The van der Waals surface area contributed by atoms with Gasteiger partial charge in [-0.05, 0) is 91.7 Å². The van der Waals surface area contributed by atoms with E-state index in [1.165, 1.54) is 47.6 Å². The van der Waals surface area contributed by atoms with E-state index in [-0.39, 0.29) is 89.6 Å². The number of benzene rings is 4. The monoisotopic (exact) mass is 1890 g/mol. The summed E-state index contributed by atoms with van der Waals surface area (Å²) in [6.45, 7) is 5.93. The predicted molar refractivity (Wildman–Crippen MR) is 503 cm³/mol. The third kappa shape index (κ3) is 32.0. The number of hydrogen-bond acceptors (Lipinski definition) is 21. The minimum atomic E-state index is -1.85. The van der Waals surface area contributed by atoms with Crippen molar-refractivity contribution in [3.63, 3.8) is 0 Å². The molecule has 135 heavy (non-hydrogen) atoms. The third-order valence-corrected chi connectivity index (χ3v) is 24.6. The fourth-order valence-corrected chi connectivity index (χ4v) is 16.8. The van der Waals surface area contributed by atoms with Gasteiger partial charge in [-0.3, -0.25) is 86.9 Å². The van der Waals surface area contributed by atoms with Crippen LogP contribution in [0.4, 0.5) is 0 Å². The van der Waals surface area contributed by atoms with E-state index in [0.717, 1.165) is 47.4 Å². The van der Waals surface area contributed by atoms with Crippen molar-refractivity contribution in [1.82, 2.24) is 97.9 Å². The van der Waals surface area contributed by atoms with Crippen LogP contribution < -0.4 is 75.7 Å². The highest BCUT2D eigenvalue weighted by atomic mass is 32.2. The average molecular weight is 1890 g/mol. The second-order valence-corrected chi connectivity index (χ2v) is 35.4. The number of guanidine groups is 1. The molecule has 2 saturated heterocycles. The number of thioether (sulfide) groups is 1. The van der Waals surface area contributed by atoms with E-state index in [0.29, 0.717) is 59.0 Å². The van der Waals surface area contributed by atoms with E-state index in [2.05, 4.69) is 73.4 Å². The van der Waals surface area contributed by atoms with Crippen LogP contribution in [0, 0.1) is 11.3 Å². The lowest BCUT2D eigenvalue weighted by molar-refractivity contribution is -0.149. The largest absolute Gasteiger partial charge is 0.394 e. The Hall–Kier alpha value is -13.8. The van der Waals surface area contributed by atoms with Crippen molar-refractivity contribution in [3.8, 4) is 11.1 Å². The topological polar surface area (TPSA) is 605 Å². The minimum absolute atomic E-state index is 0.000147. The highest BCUT2D eigenvalue weighted by Crippen LogP contribution is 2.26. The highest BCUT2D eigenvalue weighted by molar-refractivity contribution is 8.00. The molecule has 8 rings (SSSR count). The molecule has 2 aliphatic heterocycles. The first kappa shape index (κ1) is 107. The second kappa shape index (κ2) is 52.6. The molecule has 4 heterocycles. The number of unbranched alkanes of at least 4 members (excludes halogenated alkanes) is 2. The van der Waals surface area contributed by atoms with Gasteiger partial charge in [0.1, 0.15) is 78.5 Å². The Balaban J connectivity index is 1.19. The van der Waals surface area contributed by atoms with Crippen LogP contribution in [0.3, 0.4) is 0 Å². The van der Waals surface area contributed by atoms with Gasteiger partial charge in [0.15, 0.2) is 5.96 Å². The van der Waals surface area contributed by atoms with E-state index in [9.17, 15) is 62.6 Å². The first-order valence-corrected chi connectivity index (χ1v) is 46.4. The molecule has 21 N–H and O–H groups in total. The van der Waals surface area contributed by atoms with E-state index in [1.54, 1.807) is 86.8 Å². The van der Waals surface area contributed by atoms with Gasteiger partial charge in [-0.25, -0.2) is 4.98 Å². The maximum atomic E-state index is 15.7. The highest BCUT2D eigenvalue weighted by Gasteiger charge is 2.44. The standard InChI is InChI=1S/C93H129N23O18S/c1-10-12-31-73-86(128)105-64(30-22-38-99-93(96)97)82(124)111-72(81(123)101-48-77(95)119)51-135-52-79(121)104-68(41-56-24-16-14-17-25-56)89(131)113(7)55(5)80(122)107-70(45-76(94)118)91(133)116-39-23-33-74(116)87(129)106-66(44-61-47-98-53-102-61)84(126)108-67(40-54(3)4)88(130)112(6)49-78(120)103-65(43-60-46-100-63-29-21-20-28-62(60)63)83(125)110-71(50-117)85(127)109-69(90(132)115(9)75(32-13-11-2)92(134)114(73)8)42-57-34-36-59(37-35-57)58-26-18-15-19-27-58/h14-21,24-29,34-37,46-47,53-55,64-75,100,117H,10-13,22-23,30-33,38-45,48-52H2,1-9H3,(H2,94,118)(H2,95,119)(H,98,102)(H,101,123)(H,103,120)(H,104,121)(H,105,128)(H,106,129)(H,107,122)(H,108,126)(H,109,127)(H,110,125)(H,111,124)(H4,96,97,99)/t55-,64-,65-,66-,67-,68-,69-,70-,71?,72?,73-,74-,75-/m0/s1. The van der Waals surface area contributed by atoms with Crippen molar-refractivity contribution in [3.05, 3.63) is 150 Å². The molecule has 0 aliphatic carbocycles. The van der Waals surface area contributed by atoms with E-state index in [4.69, 9.17) is 22.6 Å². The number of amides is 17. The Morgan fingerprint density at radius 2 is 1.09 bits per heavy atom. The molecule has 2 fully saturated rings. The first-order valence-electron chi connectivity index (χ1n) is 45.3. The number of H-pyrrole nitrogens is 2. The molecule has 13 atom stereocenters. The maximum Gasteiger partial charge on any atom is 0.246 e. The first-order chi connectivity index (χ1) is 64.4. The summed E-state index contributed by atoms with van der Waals surface area (Å²) in [5.41, 5.74) is 21.1. The number of aliphatic hydroxyl groups is 1. The number of rotatable bonds is 27. The Bertz CT molecular complexity index is 5110. The molecular formula is C93H129N23O18S. The summed E-state index contributed by atoms with van der Waals surface area (Å²) in [7, 11) is 5.26. The summed E-state index contributed by atoms with van der Waals surface area (Å²) in [4.78, 5) is 264. The number of aromatic nitrogens is 3. The van der Waals surface area contributed by atoms with E-state index < -0.39 is 223 Å². The number of nitrogens with two attached hydrogens (primary N) is 3. The van der Waals surface area contributed by atoms with E-state index >= 15 is 24.0 Å². The lowest BCUT2D eigenvalue weighted by Gasteiger charge is -2.36. The number of hydrogen-bond donors (Lipinski definition) is 18. The van der Waals surface area contributed by atoms with E-state index in [1.807, 2.05) is 56.3 Å². The number of fused-ring (bicyclic) bond motifs is 2. The van der Waals surface area contributed by atoms with Crippen LogP contribution in [-0.2, 0) is 107 Å². The second-order valence-electron chi connectivity index (χ2n) is 34.4. The molecule has 41 nitrogen and oxygen atoms in total. The van der Waals surface area contributed by atoms with Crippen LogP contribution >= 0.6 is 11.8 Å². The van der Waals surface area contributed by atoms with Crippen molar-refractivity contribution >= 4 is 129 Å². The zero-order chi connectivity index (χ0) is 98.7. The van der Waals surface area contributed by atoms with Crippen LogP contribution in [0.2, 0.25) is 0 Å². The summed E-state index contributed by atoms with van der Waals surface area (Å²) in [5.74, 6) is -17.1. The average Bonchev–Trinajstić information content (AvgIpc) is 1.80. The van der Waals surface area contributed by atoms with Gasteiger partial charge in [0.05, 0.1) is 38.2 Å². The number of carbonyl (C=O) groups excluding carboxylic acids is 17. The number of nitrogens with one attached hydrogen (secondary N) is 14. The van der Waals surface area contributed by atoms with Gasteiger partial charge in [-0.1, -0.05) is 157 Å². The summed E-state index contributed by atoms with van der Waals surface area (Å²) in [6.07, 6.45) is 4.36. The van der Waals surface area contributed by atoms with Crippen LogP contribution in [0.5, 0.6) is 0 Å². The zero-order valence-electron chi connectivity index (χ0n) is 77.7. The summed E-state index contributed by atoms with van der Waals surface area (Å²) < 4.78 is 0. The van der Waals surface area contributed by atoms with Crippen molar-refractivity contribution in [2.75, 3.05) is 72.5 Å². The van der Waals surface area contributed by atoms with Gasteiger partial charge >= 0.3 is 0 Å². The summed E-state index contributed by atoms with van der Waals surface area (Å²) >= 11 is 0.795. The molecule has 17 amide bonds. The van der Waals surface area contributed by atoms with Crippen molar-refractivity contribution in [2.24, 2.45) is 23.1 Å². The van der Waals surface area contributed by atoms with Crippen LogP contribution in [0.1, 0.15) is 134 Å². The quantitative estimate of drug-likeness (QED) is 0.0168. The van der Waals surface area contributed by atoms with Gasteiger partial charge in [-0.15, -0.1) is 11.8 Å². The minimum Gasteiger partial charge on any atom is -0.394 e. The number of imidazole rings is 1. The smallest absolute Gasteiger partial charge is 0.246 e. The number of likely N-dealkylation sites (N-methyl/N-ethyl adjacent to an activating group) is 4. The number of aromatic amines is 2. The normalized spacial score (nSPS) is 23.2. The van der Waals surface area contributed by atoms with Gasteiger partial charge in [0, 0.05) is 102 Å². The predicted octanol–water partition coefficient (Wildman–Crippen LogP) is -0.952. The van der Waals surface area contributed by atoms with Crippen LogP contribution in [0.15, 0.2) is 128 Å². The molecule has 2 aromatic heterocycles. The third-order valence-electron chi connectivity index (χ3n) is 23.5. The Kier molecular flexibility index (Phi) is 41.5. The lowest BCUT2D eigenvalue weighted by Crippen LogP contribution is -2.61. The molecule has 6 aromatic rings. The van der Waals surface area contributed by atoms with Gasteiger partial charge in [-0.2, -0.15) is 0 Å². The molecule has 4 aromatic carbocycles. The number of nitrogens with zero attached hydrogens (tertiary/aromatic N) is 6. The van der Waals surface area contributed by atoms with Gasteiger partial charge < -0.3 is 115 Å². The lowest BCUT2D eigenvalue weighted by atomic mass is 9.98. The molecule has 42 heteroatoms. The maximum absolute atomic E-state index is 15.7. The van der Waals surface area contributed by atoms with Crippen molar-refractivity contribution in [2.45, 2.75) is 216 Å². The molecular weight excluding hydrogens is 1760 g/mol. The van der Waals surface area contributed by atoms with Crippen molar-refractivity contribution < 1.29 is 86.6 Å². The molecule has 2 unspecified atom stereocenters. The Labute approximate surface area is 788 Å². The number of carbonyl (C=O) groups is 17. The fourth-order valence-electron chi connectivity index (χ4n) is 16.0. The Morgan fingerprint density at radius 1 is 0.533 bits per heavy atom. The Morgan fingerprint density at radius 3 is 1.72 bits per heavy atom. The number of aliphatic hydroxyl groups excluding tert-OH is 1. The zero-order valence-corrected chi connectivity index (χ0v) is 78.5. The summed E-state index contributed by atoms with van der Waals surface area (Å²) in [6, 6.07) is 12.3. The molecule has 0 saturated carbocycles. The number of primary amides is 2. The molecule has 0 spiro atoms. The van der Waals surface area contributed by atoms with Gasteiger partial charge in [0.25, 0.3) is 0 Å². The van der Waals surface area contributed by atoms with Gasteiger partial charge in [0.2, 0.25) is 100 Å². The molecule has 0 bridgehead atoms. The fraction of sp³-hybridized carbons (Fsp3) is 0.495. The summed E-state index contributed by atoms with van der Waals surface area (Å²) in [5, 5.41) is 48.9. The number of para-hydroxylation sites is 1. The van der Waals surface area contributed by atoms with Crippen LogP contribution in [0.25, 0.3) is 22.0 Å². The molecule has 730 valence electrons. The SMILES string of the molecule is CCCC[C@H]1C(=O)N(C)[C@@H](CCCC)C(=O)N[C@@H](CCCNC(=N)N)C(=O)NC(C(=O)NCC(N)=O)CSCC(=O)N[C@@H](Cc2ccccc2)C(=O)N(C)[C@@H](C)C(=O)N[C@@H](CC(N)=O)C(=O)N2CCC[C@H]2C(=O)N[C@@H](Cc2cnc[nH]2)C(=O)N[C@@H](CC(C)C)C(=O)N(C)CC(=O)N[C@@H](Cc2c[nH]c3ccccc23)C(=O)NC(CO)C(=O)N[C@@H](Cc2ccc(-c3ccccc3)cc2)C(=O)N1C.